The fourth-order valence-electron chi connectivity index (χ4n) is 7.81. The van der Waals surface area contributed by atoms with Crippen LogP contribution in [0.1, 0.15) is 31.2 Å². The topological polar surface area (TPSA) is 95.0 Å². The summed E-state index contributed by atoms with van der Waals surface area (Å²) >= 11 is 9.43. The normalized spacial score (nSPS) is 29.9. The van der Waals surface area contributed by atoms with Crippen molar-refractivity contribution in [2.45, 2.75) is 25.7 Å². The molecule has 2 aliphatic carbocycles. The number of hydrogen-bond donors (Lipinski definition) is 1. The van der Waals surface area contributed by atoms with E-state index in [2.05, 4.69) is 15.9 Å². The highest BCUT2D eigenvalue weighted by Gasteiger charge is 2.68. The number of rotatable bonds is 3. The van der Waals surface area contributed by atoms with Gasteiger partial charge in [-0.1, -0.05) is 57.4 Å². The van der Waals surface area contributed by atoms with Crippen LogP contribution in [0.15, 0.2) is 82.9 Å². The predicted molar refractivity (Wildman–Crippen MR) is 161 cm³/mol. The van der Waals surface area contributed by atoms with Gasteiger partial charge in [-0.05, 0) is 74.2 Å². The molecule has 3 fully saturated rings. The molecule has 3 aromatic carbocycles. The van der Waals surface area contributed by atoms with Crippen LogP contribution in [0.25, 0.3) is 0 Å². The predicted octanol–water partition coefficient (Wildman–Crippen LogP) is 6.38. The Labute approximate surface area is 260 Å². The Kier molecular flexibility index (Phi) is 6.41. The van der Waals surface area contributed by atoms with Gasteiger partial charge in [0.15, 0.2) is 0 Å². The smallest absolute Gasteiger partial charge is 0.241 e. The van der Waals surface area contributed by atoms with Crippen LogP contribution in [0, 0.1) is 34.9 Å². The van der Waals surface area contributed by atoms with Crippen LogP contribution in [0.5, 0.6) is 5.75 Å². The number of fused-ring (bicyclic) bond motifs is 4. The summed E-state index contributed by atoms with van der Waals surface area (Å²) in [6, 6.07) is 17.3. The molecule has 10 heteroatoms. The average Bonchev–Trinajstić information content (AvgIpc) is 3.35. The fraction of sp³-hybridized carbons (Fsp3) is 0.273. The highest BCUT2D eigenvalue weighted by atomic mass is 79.9. The van der Waals surface area contributed by atoms with Gasteiger partial charge in [-0.3, -0.25) is 24.1 Å². The lowest BCUT2D eigenvalue weighted by atomic mass is 9.51. The lowest BCUT2D eigenvalue weighted by Gasteiger charge is -2.49. The van der Waals surface area contributed by atoms with E-state index in [9.17, 15) is 28.7 Å². The number of amides is 4. The van der Waals surface area contributed by atoms with Crippen LogP contribution >= 0.6 is 27.5 Å². The van der Waals surface area contributed by atoms with Crippen LogP contribution in [0.3, 0.4) is 0 Å². The van der Waals surface area contributed by atoms with Gasteiger partial charge in [0.05, 0.1) is 39.6 Å². The maximum atomic E-state index is 14.4. The molecule has 4 aliphatic rings. The van der Waals surface area contributed by atoms with Gasteiger partial charge in [0, 0.05) is 16.0 Å². The van der Waals surface area contributed by atoms with E-state index in [4.69, 9.17) is 11.6 Å². The molecule has 3 aromatic rings. The van der Waals surface area contributed by atoms with E-state index in [1.165, 1.54) is 23.1 Å². The van der Waals surface area contributed by atoms with E-state index < -0.39 is 52.6 Å². The number of aromatic hydroxyl groups is 1. The number of phenols is 1. The van der Waals surface area contributed by atoms with Crippen molar-refractivity contribution >= 4 is 62.5 Å². The molecular weight excluding hydrogens is 639 g/mol. The Hall–Kier alpha value is -3.82. The second-order valence-electron chi connectivity index (χ2n) is 11.8. The maximum Gasteiger partial charge on any atom is 0.241 e. The largest absolute Gasteiger partial charge is 0.508 e. The summed E-state index contributed by atoms with van der Waals surface area (Å²) in [6.07, 6.45) is 2.38. The zero-order valence-electron chi connectivity index (χ0n) is 22.8. The van der Waals surface area contributed by atoms with Crippen molar-refractivity contribution in [1.29, 1.82) is 0 Å². The molecule has 2 saturated heterocycles. The number of imide groups is 2. The molecule has 1 saturated carbocycles. The number of benzene rings is 3. The molecule has 1 N–H and O–H groups in total. The minimum Gasteiger partial charge on any atom is -0.508 e. The first-order chi connectivity index (χ1) is 20.5. The van der Waals surface area contributed by atoms with E-state index in [0.717, 1.165) is 21.0 Å². The van der Waals surface area contributed by atoms with Crippen molar-refractivity contribution in [1.82, 2.24) is 0 Å². The summed E-state index contributed by atoms with van der Waals surface area (Å²) < 4.78 is 14.8. The Balaban J connectivity index is 1.37. The van der Waals surface area contributed by atoms with Crippen molar-refractivity contribution in [3.8, 4) is 5.75 Å². The SMILES string of the molecule is C[C@@]12C(=O)N(c3ccc(F)c(Cl)c3)C(=O)[C@@H]1C[C@@H]1C(=CC[C@@H]3C(=O)N(c4ccc(Br)cc4)C(=O)[C@@H]31)[C@@H]2c1ccccc1O. The van der Waals surface area contributed by atoms with Crippen molar-refractivity contribution in [3.05, 3.63) is 99.3 Å². The summed E-state index contributed by atoms with van der Waals surface area (Å²) in [7, 11) is 0. The van der Waals surface area contributed by atoms with Gasteiger partial charge in [0.2, 0.25) is 23.6 Å². The van der Waals surface area contributed by atoms with Crippen LogP contribution in [0.2, 0.25) is 5.02 Å². The van der Waals surface area contributed by atoms with Crippen LogP contribution < -0.4 is 9.80 Å². The van der Waals surface area contributed by atoms with E-state index in [0.29, 0.717) is 17.7 Å². The molecule has 0 bridgehead atoms. The number of carbonyl (C=O) groups excluding carboxylic acids is 4. The van der Waals surface area contributed by atoms with Gasteiger partial charge < -0.3 is 5.11 Å². The Morgan fingerprint density at radius 3 is 2.30 bits per heavy atom. The molecule has 0 spiro atoms. The van der Waals surface area contributed by atoms with E-state index in [1.807, 2.05) is 6.08 Å². The molecule has 2 heterocycles. The zero-order valence-corrected chi connectivity index (χ0v) is 25.2. The van der Waals surface area contributed by atoms with E-state index >= 15 is 0 Å². The first-order valence-corrected chi connectivity index (χ1v) is 15.2. The van der Waals surface area contributed by atoms with Gasteiger partial charge in [0.25, 0.3) is 0 Å². The molecule has 0 aromatic heterocycles. The molecule has 43 heavy (non-hydrogen) atoms. The monoisotopic (exact) mass is 662 g/mol. The summed E-state index contributed by atoms with van der Waals surface area (Å²) in [5.41, 5.74) is 0.518. The Morgan fingerprint density at radius 1 is 0.907 bits per heavy atom. The minimum absolute atomic E-state index is 0.0370. The van der Waals surface area contributed by atoms with E-state index in [-0.39, 0.29) is 34.7 Å². The molecular formula is C33H25BrClFN2O5. The van der Waals surface area contributed by atoms with Crippen molar-refractivity contribution in [2.24, 2.45) is 29.1 Å². The number of halogens is 3. The molecule has 0 radical (unpaired) electrons. The lowest BCUT2D eigenvalue weighted by Crippen LogP contribution is -2.48. The molecule has 0 unspecified atom stereocenters. The van der Waals surface area contributed by atoms with Crippen LogP contribution in [-0.4, -0.2) is 28.7 Å². The number of phenolic OH excluding ortho intramolecular Hbond substituents is 1. The number of anilines is 2. The summed E-state index contributed by atoms with van der Waals surface area (Å²) in [6.45, 7) is 1.72. The molecule has 4 amide bonds. The minimum atomic E-state index is -1.33. The lowest BCUT2D eigenvalue weighted by molar-refractivity contribution is -0.131. The Bertz CT molecular complexity index is 1780. The third kappa shape index (κ3) is 3.90. The van der Waals surface area contributed by atoms with Gasteiger partial charge in [-0.15, -0.1) is 0 Å². The molecule has 2 aliphatic heterocycles. The van der Waals surface area contributed by atoms with E-state index in [1.54, 1.807) is 49.4 Å². The first kappa shape index (κ1) is 28.0. The van der Waals surface area contributed by atoms with Gasteiger partial charge in [-0.25, -0.2) is 9.29 Å². The number of nitrogens with zero attached hydrogens (tertiary/aromatic N) is 2. The van der Waals surface area contributed by atoms with Gasteiger partial charge in [0.1, 0.15) is 11.6 Å². The third-order valence-electron chi connectivity index (χ3n) is 9.77. The molecule has 6 atom stereocenters. The molecule has 7 rings (SSSR count). The summed E-state index contributed by atoms with van der Waals surface area (Å²) in [4.78, 5) is 58.6. The highest BCUT2D eigenvalue weighted by Crippen LogP contribution is 2.64. The Morgan fingerprint density at radius 2 is 1.60 bits per heavy atom. The average molecular weight is 664 g/mol. The van der Waals surface area contributed by atoms with Gasteiger partial charge in [-0.2, -0.15) is 0 Å². The standard InChI is InChI=1S/C33H25BrClFN2O5/c1-33-23(30(41)38(32(33)43)18-10-13-25(36)24(35)14-18)15-22-19(28(33)20-4-2-3-5-26(20)39)11-12-21-27(22)31(42)37(29(21)40)17-8-6-16(34)7-9-17/h2-11,13-14,21-23,27-28,39H,12,15H2,1H3/t21-,22+,23-,27-,28+,33+/m0/s1. The van der Waals surface area contributed by atoms with Crippen LogP contribution in [0.4, 0.5) is 15.8 Å². The molecule has 7 nitrogen and oxygen atoms in total. The first-order valence-electron chi connectivity index (χ1n) is 14.0. The molecule has 218 valence electrons. The van der Waals surface area contributed by atoms with Crippen molar-refractivity contribution < 1.29 is 28.7 Å². The third-order valence-corrected chi connectivity index (χ3v) is 10.6. The van der Waals surface area contributed by atoms with Crippen molar-refractivity contribution in [3.63, 3.8) is 0 Å². The zero-order chi connectivity index (χ0) is 30.4. The summed E-state index contributed by atoms with van der Waals surface area (Å²) in [5, 5.41) is 10.8. The van der Waals surface area contributed by atoms with Crippen molar-refractivity contribution in [2.75, 3.05) is 9.80 Å². The number of hydrogen-bond acceptors (Lipinski definition) is 5. The number of allylic oxidation sites excluding steroid dienone is 2. The fourth-order valence-corrected chi connectivity index (χ4v) is 8.24. The number of carbonyl (C=O) groups is 4. The maximum absolute atomic E-state index is 14.4. The second-order valence-corrected chi connectivity index (χ2v) is 13.1. The quantitative estimate of drug-likeness (QED) is 0.259. The highest BCUT2D eigenvalue weighted by molar-refractivity contribution is 9.10. The second kappa shape index (κ2) is 9.86. The van der Waals surface area contributed by atoms with Crippen LogP contribution in [-0.2, 0) is 19.2 Å². The number of para-hydroxylation sites is 1. The summed E-state index contributed by atoms with van der Waals surface area (Å²) in [5.74, 6) is -5.82. The van der Waals surface area contributed by atoms with Gasteiger partial charge >= 0.3 is 0 Å².